The zero-order valence-corrected chi connectivity index (χ0v) is 13.4. The number of carbonyl (C=O) groups is 1. The number of hydrogen-bond acceptors (Lipinski definition) is 4. The summed E-state index contributed by atoms with van der Waals surface area (Å²) in [7, 11) is 0. The molecule has 1 aromatic rings. The Hall–Kier alpha value is -1.17. The van der Waals surface area contributed by atoms with Gasteiger partial charge in [0.25, 0.3) is 5.91 Å². The quantitative estimate of drug-likeness (QED) is 0.925. The lowest BCUT2D eigenvalue weighted by molar-refractivity contribution is 0.00664. The first kappa shape index (κ1) is 15.7. The van der Waals surface area contributed by atoms with E-state index in [0.717, 1.165) is 52.0 Å². The largest absolute Gasteiger partial charge is 0.379 e. The highest BCUT2D eigenvalue weighted by atomic mass is 35.5. The van der Waals surface area contributed by atoms with Crippen molar-refractivity contribution in [3.8, 4) is 0 Å². The van der Waals surface area contributed by atoms with E-state index in [2.05, 4.69) is 15.2 Å². The molecule has 3 rings (SSSR count). The number of amides is 1. The lowest BCUT2D eigenvalue weighted by Gasteiger charge is -2.38. The maximum Gasteiger partial charge on any atom is 0.270 e. The Labute approximate surface area is 136 Å². The van der Waals surface area contributed by atoms with Gasteiger partial charge in [-0.25, -0.2) is 4.98 Å². The number of halogens is 1. The number of rotatable bonds is 3. The van der Waals surface area contributed by atoms with Gasteiger partial charge in [0.2, 0.25) is 0 Å². The molecule has 1 aliphatic carbocycles. The molecule has 22 heavy (non-hydrogen) atoms. The van der Waals surface area contributed by atoms with Crippen LogP contribution in [0, 0.1) is 0 Å². The molecule has 0 spiro atoms. The summed E-state index contributed by atoms with van der Waals surface area (Å²) < 4.78 is 5.41. The highest BCUT2D eigenvalue weighted by Crippen LogP contribution is 2.24. The highest BCUT2D eigenvalue weighted by molar-refractivity contribution is 6.30. The van der Waals surface area contributed by atoms with Crippen LogP contribution in [0.5, 0.6) is 0 Å². The third-order valence-electron chi connectivity index (χ3n) is 4.55. The van der Waals surface area contributed by atoms with Crippen molar-refractivity contribution in [2.24, 2.45) is 0 Å². The van der Waals surface area contributed by atoms with Crippen LogP contribution in [-0.2, 0) is 4.74 Å². The number of morpholine rings is 1. The van der Waals surface area contributed by atoms with Crippen molar-refractivity contribution in [2.75, 3.05) is 26.3 Å². The van der Waals surface area contributed by atoms with E-state index in [1.807, 2.05) is 0 Å². The van der Waals surface area contributed by atoms with Crippen molar-refractivity contribution < 1.29 is 9.53 Å². The Morgan fingerprint density at radius 2 is 1.95 bits per heavy atom. The number of pyridine rings is 1. The molecule has 1 amide bonds. The van der Waals surface area contributed by atoms with Gasteiger partial charge in [0.15, 0.2) is 0 Å². The number of carbonyl (C=O) groups excluding carboxylic acids is 1. The zero-order chi connectivity index (χ0) is 15.4. The van der Waals surface area contributed by atoms with Crippen LogP contribution in [0.4, 0.5) is 0 Å². The van der Waals surface area contributed by atoms with E-state index in [9.17, 15) is 4.79 Å². The van der Waals surface area contributed by atoms with Gasteiger partial charge in [-0.2, -0.15) is 0 Å². The molecule has 1 N–H and O–H groups in total. The fraction of sp³-hybridized carbons (Fsp3) is 0.625. The summed E-state index contributed by atoms with van der Waals surface area (Å²) in [6, 6.07) is 4.25. The first-order chi connectivity index (χ1) is 10.7. The SMILES string of the molecule is O=C(NC1CCC(N2CCOCC2)CC1)c1ccc(Cl)cn1. The van der Waals surface area contributed by atoms with E-state index in [4.69, 9.17) is 16.3 Å². The van der Waals surface area contributed by atoms with Gasteiger partial charge in [0.1, 0.15) is 5.69 Å². The molecule has 1 saturated carbocycles. The standard InChI is InChI=1S/C16H22ClN3O2/c17-12-1-6-15(18-11-12)16(21)19-13-2-4-14(5-3-13)20-7-9-22-10-8-20/h1,6,11,13-14H,2-5,7-10H2,(H,19,21). The van der Waals surface area contributed by atoms with E-state index >= 15 is 0 Å². The van der Waals surface area contributed by atoms with Crippen LogP contribution in [0.15, 0.2) is 18.3 Å². The van der Waals surface area contributed by atoms with Gasteiger partial charge in [-0.05, 0) is 37.8 Å². The molecule has 0 atom stereocenters. The summed E-state index contributed by atoms with van der Waals surface area (Å²) in [5.41, 5.74) is 0.430. The van der Waals surface area contributed by atoms with Crippen LogP contribution in [0.2, 0.25) is 5.02 Å². The summed E-state index contributed by atoms with van der Waals surface area (Å²) in [5, 5.41) is 3.63. The van der Waals surface area contributed by atoms with E-state index in [0.29, 0.717) is 16.8 Å². The predicted octanol–water partition coefficient (Wildman–Crippen LogP) is 2.11. The first-order valence-electron chi connectivity index (χ1n) is 7.96. The molecule has 1 aromatic heterocycles. The van der Waals surface area contributed by atoms with Crippen molar-refractivity contribution >= 4 is 17.5 Å². The maximum atomic E-state index is 12.2. The molecule has 0 aromatic carbocycles. The van der Waals surface area contributed by atoms with Crippen LogP contribution in [0.1, 0.15) is 36.2 Å². The van der Waals surface area contributed by atoms with Gasteiger partial charge >= 0.3 is 0 Å². The summed E-state index contributed by atoms with van der Waals surface area (Å²) in [5.74, 6) is -0.105. The molecule has 1 saturated heterocycles. The van der Waals surface area contributed by atoms with Crippen molar-refractivity contribution in [3.05, 3.63) is 29.0 Å². The van der Waals surface area contributed by atoms with Crippen LogP contribution in [-0.4, -0.2) is 54.2 Å². The lowest BCUT2D eigenvalue weighted by atomic mass is 9.90. The molecule has 0 radical (unpaired) electrons. The highest BCUT2D eigenvalue weighted by Gasteiger charge is 2.27. The topological polar surface area (TPSA) is 54.5 Å². The monoisotopic (exact) mass is 323 g/mol. The molecule has 2 heterocycles. The van der Waals surface area contributed by atoms with Gasteiger partial charge in [-0.1, -0.05) is 11.6 Å². The molecule has 6 heteroatoms. The van der Waals surface area contributed by atoms with Crippen LogP contribution < -0.4 is 5.32 Å². The zero-order valence-electron chi connectivity index (χ0n) is 12.6. The molecule has 120 valence electrons. The van der Waals surface area contributed by atoms with Crippen LogP contribution in [0.3, 0.4) is 0 Å². The van der Waals surface area contributed by atoms with Crippen molar-refractivity contribution in [3.63, 3.8) is 0 Å². The summed E-state index contributed by atoms with van der Waals surface area (Å²) >= 11 is 5.79. The smallest absolute Gasteiger partial charge is 0.270 e. The Bertz CT molecular complexity index is 495. The predicted molar refractivity (Wildman–Crippen MR) is 85.1 cm³/mol. The molecular formula is C16H22ClN3O2. The van der Waals surface area contributed by atoms with Gasteiger partial charge < -0.3 is 10.1 Å². The number of ether oxygens (including phenoxy) is 1. The number of aromatic nitrogens is 1. The molecule has 0 bridgehead atoms. The second-order valence-electron chi connectivity index (χ2n) is 5.99. The molecule has 0 unspecified atom stereocenters. The minimum atomic E-state index is -0.105. The minimum Gasteiger partial charge on any atom is -0.379 e. The van der Waals surface area contributed by atoms with E-state index in [1.165, 1.54) is 6.20 Å². The minimum absolute atomic E-state index is 0.105. The Morgan fingerprint density at radius 3 is 2.59 bits per heavy atom. The second kappa shape index (κ2) is 7.40. The van der Waals surface area contributed by atoms with Crippen LogP contribution in [0.25, 0.3) is 0 Å². The summed E-state index contributed by atoms with van der Waals surface area (Å²) in [6.45, 7) is 3.77. The number of hydrogen-bond donors (Lipinski definition) is 1. The molecule has 2 aliphatic rings. The van der Waals surface area contributed by atoms with Gasteiger partial charge in [-0.15, -0.1) is 0 Å². The third kappa shape index (κ3) is 3.97. The van der Waals surface area contributed by atoms with E-state index < -0.39 is 0 Å². The van der Waals surface area contributed by atoms with Crippen LogP contribution >= 0.6 is 11.6 Å². The van der Waals surface area contributed by atoms with Gasteiger partial charge in [0, 0.05) is 31.4 Å². The number of nitrogens with one attached hydrogen (secondary N) is 1. The van der Waals surface area contributed by atoms with Crippen molar-refractivity contribution in [1.29, 1.82) is 0 Å². The first-order valence-corrected chi connectivity index (χ1v) is 8.34. The number of nitrogens with zero attached hydrogens (tertiary/aromatic N) is 2. The fourth-order valence-corrected chi connectivity index (χ4v) is 3.41. The fourth-order valence-electron chi connectivity index (χ4n) is 3.30. The van der Waals surface area contributed by atoms with Crippen molar-refractivity contribution in [2.45, 2.75) is 37.8 Å². The third-order valence-corrected chi connectivity index (χ3v) is 4.78. The van der Waals surface area contributed by atoms with Gasteiger partial charge in [-0.3, -0.25) is 9.69 Å². The maximum absolute atomic E-state index is 12.2. The molecule has 5 nitrogen and oxygen atoms in total. The Balaban J connectivity index is 1.47. The molecule has 2 fully saturated rings. The lowest BCUT2D eigenvalue weighted by Crippen LogP contribution is -2.47. The van der Waals surface area contributed by atoms with Crippen molar-refractivity contribution in [1.82, 2.24) is 15.2 Å². The van der Waals surface area contributed by atoms with E-state index in [1.54, 1.807) is 12.1 Å². The second-order valence-corrected chi connectivity index (χ2v) is 6.43. The molecular weight excluding hydrogens is 302 g/mol. The van der Waals surface area contributed by atoms with Gasteiger partial charge in [0.05, 0.1) is 18.2 Å². The average Bonchev–Trinajstić information content (AvgIpc) is 2.57. The average molecular weight is 324 g/mol. The summed E-state index contributed by atoms with van der Waals surface area (Å²) in [4.78, 5) is 18.8. The van der Waals surface area contributed by atoms with E-state index in [-0.39, 0.29) is 11.9 Å². The molecule has 1 aliphatic heterocycles. The summed E-state index contributed by atoms with van der Waals surface area (Å²) in [6.07, 6.45) is 5.84. The Morgan fingerprint density at radius 1 is 1.23 bits per heavy atom. The normalized spacial score (nSPS) is 26.6. The Kier molecular flexibility index (Phi) is 5.28.